The molecule has 1 aromatic rings. The number of hydrogen-bond donors (Lipinski definition) is 2. The molecule has 1 saturated heterocycles. The van der Waals surface area contributed by atoms with E-state index >= 15 is 0 Å². The van der Waals surface area contributed by atoms with Crippen LogP contribution in [0.15, 0.2) is 21.2 Å². The summed E-state index contributed by atoms with van der Waals surface area (Å²) < 4.78 is 6.13. The summed E-state index contributed by atoms with van der Waals surface area (Å²) in [6, 6.07) is 3.83. The van der Waals surface area contributed by atoms with Crippen molar-refractivity contribution in [3.8, 4) is 0 Å². The highest BCUT2D eigenvalue weighted by atomic mass is 79.9. The molecule has 1 aromatic heterocycles. The van der Waals surface area contributed by atoms with Crippen molar-refractivity contribution in [2.24, 2.45) is 0 Å². The molecule has 5 heteroatoms. The Balaban J connectivity index is 2.07. The monoisotopic (exact) mass is 258 g/mol. The van der Waals surface area contributed by atoms with Gasteiger partial charge in [-0.1, -0.05) is 0 Å². The van der Waals surface area contributed by atoms with Crippen LogP contribution in [-0.4, -0.2) is 19.0 Å². The molecule has 0 saturated carbocycles. The van der Waals surface area contributed by atoms with Gasteiger partial charge in [0.25, 0.3) is 0 Å². The Morgan fingerprint density at radius 3 is 3.07 bits per heavy atom. The van der Waals surface area contributed by atoms with E-state index in [0.29, 0.717) is 24.2 Å². The van der Waals surface area contributed by atoms with Gasteiger partial charge in [-0.2, -0.15) is 0 Å². The number of hydrogen-bond acceptors (Lipinski definition) is 3. The molecule has 1 atom stereocenters. The first-order valence-corrected chi connectivity index (χ1v) is 5.30. The number of carbonyl (C=O) groups excluding carboxylic acids is 1. The van der Waals surface area contributed by atoms with E-state index in [4.69, 9.17) is 4.42 Å². The van der Waals surface area contributed by atoms with Gasteiger partial charge in [0.05, 0.1) is 6.04 Å². The van der Waals surface area contributed by atoms with E-state index in [-0.39, 0.29) is 11.9 Å². The summed E-state index contributed by atoms with van der Waals surface area (Å²) in [7, 11) is 0. The second-order valence-electron chi connectivity index (χ2n) is 3.20. The minimum atomic E-state index is 0.0766. The fourth-order valence-corrected chi connectivity index (χ4v) is 1.77. The first-order chi connectivity index (χ1) is 6.75. The molecule has 76 valence electrons. The molecule has 4 nitrogen and oxygen atoms in total. The van der Waals surface area contributed by atoms with Crippen LogP contribution in [0.25, 0.3) is 0 Å². The fraction of sp³-hybridized carbons (Fsp3) is 0.444. The topological polar surface area (TPSA) is 54.3 Å². The zero-order valence-corrected chi connectivity index (χ0v) is 9.13. The molecule has 1 unspecified atom stereocenters. The van der Waals surface area contributed by atoms with Crippen molar-refractivity contribution in [1.82, 2.24) is 10.6 Å². The lowest BCUT2D eigenvalue weighted by Crippen LogP contribution is -2.28. The molecular formula is C9H11BrN2O2. The lowest BCUT2D eigenvalue weighted by molar-refractivity contribution is -0.120. The molecule has 2 heterocycles. The van der Waals surface area contributed by atoms with Crippen LogP contribution in [0.4, 0.5) is 0 Å². The van der Waals surface area contributed by atoms with Gasteiger partial charge in [-0.3, -0.25) is 4.79 Å². The van der Waals surface area contributed by atoms with E-state index in [2.05, 4.69) is 26.6 Å². The summed E-state index contributed by atoms with van der Waals surface area (Å²) in [5.41, 5.74) is 0. The van der Waals surface area contributed by atoms with Crippen molar-refractivity contribution >= 4 is 21.8 Å². The molecule has 1 aliphatic rings. The molecule has 0 bridgehead atoms. The van der Waals surface area contributed by atoms with Crippen molar-refractivity contribution in [1.29, 1.82) is 0 Å². The summed E-state index contributed by atoms with van der Waals surface area (Å²) in [5, 5.41) is 6.07. The van der Waals surface area contributed by atoms with Crippen molar-refractivity contribution in [3.05, 3.63) is 22.6 Å². The van der Waals surface area contributed by atoms with Gasteiger partial charge in [0.2, 0.25) is 5.91 Å². The molecule has 2 N–H and O–H groups in total. The maximum atomic E-state index is 11.1. The normalized spacial score (nSPS) is 22.9. The number of amides is 1. The van der Waals surface area contributed by atoms with E-state index in [0.717, 1.165) is 5.76 Å². The van der Waals surface area contributed by atoms with Gasteiger partial charge >= 0.3 is 0 Å². The quantitative estimate of drug-likeness (QED) is 0.796. The zero-order valence-electron chi connectivity index (χ0n) is 7.55. The lowest BCUT2D eigenvalue weighted by Gasteiger charge is -2.11. The zero-order chi connectivity index (χ0) is 9.97. The first-order valence-electron chi connectivity index (χ1n) is 4.51. The van der Waals surface area contributed by atoms with E-state index < -0.39 is 0 Å². The van der Waals surface area contributed by atoms with E-state index in [1.807, 2.05) is 12.1 Å². The fourth-order valence-electron chi connectivity index (χ4n) is 1.45. The molecule has 0 spiro atoms. The summed E-state index contributed by atoms with van der Waals surface area (Å²) in [5.74, 6) is 0.935. The molecule has 1 fully saturated rings. The first kappa shape index (κ1) is 9.73. The van der Waals surface area contributed by atoms with Crippen molar-refractivity contribution in [2.45, 2.75) is 12.5 Å². The Hall–Kier alpha value is -0.810. The molecule has 14 heavy (non-hydrogen) atoms. The minimum Gasteiger partial charge on any atom is -0.453 e. The average Bonchev–Trinajstić information content (AvgIpc) is 2.46. The second-order valence-corrected chi connectivity index (χ2v) is 3.98. The van der Waals surface area contributed by atoms with Gasteiger partial charge in [-0.05, 0) is 28.1 Å². The molecule has 1 amide bonds. The highest BCUT2D eigenvalue weighted by Gasteiger charge is 2.19. The van der Waals surface area contributed by atoms with Crippen LogP contribution < -0.4 is 10.6 Å². The van der Waals surface area contributed by atoms with E-state index in [1.165, 1.54) is 0 Å². The van der Waals surface area contributed by atoms with Gasteiger partial charge in [0, 0.05) is 19.5 Å². The van der Waals surface area contributed by atoms with E-state index in [9.17, 15) is 4.79 Å². The Morgan fingerprint density at radius 2 is 2.36 bits per heavy atom. The minimum absolute atomic E-state index is 0.0766. The number of halogens is 1. The highest BCUT2D eigenvalue weighted by molar-refractivity contribution is 9.10. The molecule has 0 radical (unpaired) electrons. The Morgan fingerprint density at radius 1 is 1.50 bits per heavy atom. The standard InChI is InChI=1S/C9H11BrN2O2/c10-8-2-1-7(14-8)6-5-12-9(13)3-4-11-6/h1-2,6,11H,3-5H2,(H,12,13). The number of furan rings is 1. The van der Waals surface area contributed by atoms with Crippen molar-refractivity contribution in [2.75, 3.05) is 13.1 Å². The maximum Gasteiger partial charge on any atom is 0.221 e. The van der Waals surface area contributed by atoms with Gasteiger partial charge in [-0.15, -0.1) is 0 Å². The van der Waals surface area contributed by atoms with Gasteiger partial charge in [-0.25, -0.2) is 0 Å². The molecular weight excluding hydrogens is 248 g/mol. The van der Waals surface area contributed by atoms with Crippen molar-refractivity contribution in [3.63, 3.8) is 0 Å². The SMILES string of the molecule is O=C1CCNC(c2ccc(Br)o2)CN1. The summed E-state index contributed by atoms with van der Waals surface area (Å²) in [6.45, 7) is 1.27. The molecule has 2 rings (SSSR count). The second kappa shape index (κ2) is 4.14. The third kappa shape index (κ3) is 2.16. The molecule has 0 aromatic carbocycles. The molecule has 0 aliphatic carbocycles. The van der Waals surface area contributed by atoms with Crippen molar-refractivity contribution < 1.29 is 9.21 Å². The average molecular weight is 259 g/mol. The summed E-state index contributed by atoms with van der Waals surface area (Å²) in [6.07, 6.45) is 0.526. The van der Waals surface area contributed by atoms with E-state index in [1.54, 1.807) is 0 Å². The summed E-state index contributed by atoms with van der Waals surface area (Å²) >= 11 is 3.25. The number of carbonyl (C=O) groups is 1. The van der Waals surface area contributed by atoms with Gasteiger partial charge in [0.1, 0.15) is 5.76 Å². The van der Waals surface area contributed by atoms with Crippen LogP contribution in [-0.2, 0) is 4.79 Å². The smallest absolute Gasteiger partial charge is 0.221 e. The Labute approximate surface area is 90.2 Å². The highest BCUT2D eigenvalue weighted by Crippen LogP contribution is 2.20. The predicted molar refractivity (Wildman–Crippen MR) is 54.8 cm³/mol. The maximum absolute atomic E-state index is 11.1. The largest absolute Gasteiger partial charge is 0.453 e. The van der Waals surface area contributed by atoms with Gasteiger partial charge in [0.15, 0.2) is 4.67 Å². The third-order valence-corrected chi connectivity index (χ3v) is 2.61. The number of nitrogens with one attached hydrogen (secondary N) is 2. The predicted octanol–water partition coefficient (Wildman–Crippen LogP) is 1.19. The van der Waals surface area contributed by atoms with Gasteiger partial charge < -0.3 is 15.1 Å². The molecule has 1 aliphatic heterocycles. The third-order valence-electron chi connectivity index (χ3n) is 2.18. The van der Waals surface area contributed by atoms with Crippen LogP contribution in [0.2, 0.25) is 0 Å². The Bertz CT molecular complexity index is 337. The summed E-state index contributed by atoms with van der Waals surface area (Å²) in [4.78, 5) is 11.1. The lowest BCUT2D eigenvalue weighted by atomic mass is 10.2. The van der Waals surface area contributed by atoms with Crippen LogP contribution >= 0.6 is 15.9 Å². The van der Waals surface area contributed by atoms with Crippen LogP contribution in [0.3, 0.4) is 0 Å². The number of rotatable bonds is 1. The van der Waals surface area contributed by atoms with Crippen LogP contribution in [0, 0.1) is 0 Å². The van der Waals surface area contributed by atoms with Crippen LogP contribution in [0.1, 0.15) is 18.2 Å². The Kier molecular flexibility index (Phi) is 2.88. The van der Waals surface area contributed by atoms with Crippen LogP contribution in [0.5, 0.6) is 0 Å².